The van der Waals surface area contributed by atoms with Gasteiger partial charge in [-0.15, -0.1) is 0 Å². The van der Waals surface area contributed by atoms with Crippen LogP contribution in [-0.4, -0.2) is 5.11 Å². The van der Waals surface area contributed by atoms with Crippen molar-refractivity contribution in [3.63, 3.8) is 0 Å². The van der Waals surface area contributed by atoms with Crippen molar-refractivity contribution in [3.05, 3.63) is 59.9 Å². The van der Waals surface area contributed by atoms with E-state index in [1.54, 1.807) is 13.0 Å². The summed E-state index contributed by atoms with van der Waals surface area (Å²) in [5.41, 5.74) is 0.624. The van der Waals surface area contributed by atoms with Gasteiger partial charge >= 0.3 is 0 Å². The molecule has 0 bridgehead atoms. The van der Waals surface area contributed by atoms with Gasteiger partial charge in [0.25, 0.3) is 0 Å². The molecule has 0 aromatic heterocycles. The minimum Gasteiger partial charge on any atom is -0.389 e. The third-order valence-corrected chi connectivity index (χ3v) is 3.49. The van der Waals surface area contributed by atoms with E-state index in [-0.39, 0.29) is 5.82 Å². The van der Waals surface area contributed by atoms with Crippen LogP contribution in [-0.2, 0) is 0 Å². The van der Waals surface area contributed by atoms with Crippen LogP contribution in [0.15, 0.2) is 58.3 Å². The number of hydrogen-bond donors (Lipinski definition) is 1. The first-order chi connectivity index (χ1) is 8.16. The summed E-state index contributed by atoms with van der Waals surface area (Å²) in [6.45, 7) is 1.64. The lowest BCUT2D eigenvalue weighted by Gasteiger charge is -2.11. The highest BCUT2D eigenvalue weighted by atomic mass is 32.2. The quantitative estimate of drug-likeness (QED) is 0.885. The maximum Gasteiger partial charge on any atom is 0.123 e. The summed E-state index contributed by atoms with van der Waals surface area (Å²) in [5.74, 6) is -0.321. The molecule has 2 aromatic carbocycles. The minimum atomic E-state index is -0.670. The summed E-state index contributed by atoms with van der Waals surface area (Å²) >= 11 is 1.52. The molecule has 0 spiro atoms. The maximum absolute atomic E-state index is 13.1. The highest BCUT2D eigenvalue weighted by Gasteiger charge is 2.10. The highest BCUT2D eigenvalue weighted by Crippen LogP contribution is 2.33. The molecular weight excluding hydrogens is 235 g/mol. The molecule has 1 N–H and O–H groups in total. The van der Waals surface area contributed by atoms with Gasteiger partial charge in [-0.2, -0.15) is 0 Å². The van der Waals surface area contributed by atoms with Crippen LogP contribution in [0.5, 0.6) is 0 Å². The number of benzene rings is 2. The first-order valence-electron chi connectivity index (χ1n) is 5.37. The van der Waals surface area contributed by atoms with Crippen LogP contribution < -0.4 is 0 Å². The minimum absolute atomic E-state index is 0.321. The van der Waals surface area contributed by atoms with E-state index in [4.69, 9.17) is 0 Å². The van der Waals surface area contributed by atoms with Crippen LogP contribution in [0.25, 0.3) is 0 Å². The SMILES string of the molecule is C[C@@H](O)c1cc(F)ccc1Sc1ccccc1. The molecule has 88 valence electrons. The third kappa shape index (κ3) is 3.08. The predicted molar refractivity (Wildman–Crippen MR) is 67.6 cm³/mol. The summed E-state index contributed by atoms with van der Waals surface area (Å²) in [5, 5.41) is 9.63. The predicted octanol–water partition coefficient (Wildman–Crippen LogP) is 4.03. The lowest BCUT2D eigenvalue weighted by Crippen LogP contribution is -1.95. The topological polar surface area (TPSA) is 20.2 Å². The van der Waals surface area contributed by atoms with E-state index < -0.39 is 6.10 Å². The molecule has 0 saturated carbocycles. The van der Waals surface area contributed by atoms with Gasteiger partial charge in [0.15, 0.2) is 0 Å². The fourth-order valence-electron chi connectivity index (χ4n) is 1.55. The van der Waals surface area contributed by atoms with Gasteiger partial charge in [-0.05, 0) is 42.8 Å². The molecule has 0 aliphatic carbocycles. The molecule has 2 rings (SSSR count). The standard InChI is InChI=1S/C14H13FOS/c1-10(16)13-9-11(15)7-8-14(13)17-12-5-3-2-4-6-12/h2-10,16H,1H3/t10-/m1/s1. The Bertz CT molecular complexity index is 497. The zero-order chi connectivity index (χ0) is 12.3. The second-order valence-electron chi connectivity index (χ2n) is 3.77. The summed E-state index contributed by atoms with van der Waals surface area (Å²) in [6.07, 6.45) is -0.670. The van der Waals surface area contributed by atoms with Crippen molar-refractivity contribution in [2.75, 3.05) is 0 Å². The molecule has 0 unspecified atom stereocenters. The lowest BCUT2D eigenvalue weighted by molar-refractivity contribution is 0.196. The van der Waals surface area contributed by atoms with E-state index in [1.165, 1.54) is 23.9 Å². The molecular formula is C14H13FOS. The molecule has 3 heteroatoms. The summed E-state index contributed by atoms with van der Waals surface area (Å²) < 4.78 is 13.1. The molecule has 1 atom stereocenters. The molecule has 0 aliphatic heterocycles. The van der Waals surface area contributed by atoms with Gasteiger partial charge in [0, 0.05) is 9.79 Å². The zero-order valence-corrected chi connectivity index (χ0v) is 10.2. The van der Waals surface area contributed by atoms with E-state index >= 15 is 0 Å². The van der Waals surface area contributed by atoms with Crippen molar-refractivity contribution in [2.24, 2.45) is 0 Å². The average Bonchev–Trinajstić information content (AvgIpc) is 2.32. The van der Waals surface area contributed by atoms with Gasteiger partial charge < -0.3 is 5.11 Å². The smallest absolute Gasteiger partial charge is 0.123 e. The van der Waals surface area contributed by atoms with Crippen LogP contribution in [0.4, 0.5) is 4.39 Å². The van der Waals surface area contributed by atoms with Crippen LogP contribution in [0.2, 0.25) is 0 Å². The first kappa shape index (κ1) is 12.1. The van der Waals surface area contributed by atoms with Crippen molar-refractivity contribution < 1.29 is 9.50 Å². The summed E-state index contributed by atoms with van der Waals surface area (Å²) in [7, 11) is 0. The second-order valence-corrected chi connectivity index (χ2v) is 4.89. The maximum atomic E-state index is 13.1. The lowest BCUT2D eigenvalue weighted by atomic mass is 10.1. The van der Waals surface area contributed by atoms with Crippen LogP contribution in [0, 0.1) is 5.82 Å². The van der Waals surface area contributed by atoms with E-state index in [9.17, 15) is 9.50 Å². The van der Waals surface area contributed by atoms with Crippen molar-refractivity contribution in [1.29, 1.82) is 0 Å². The molecule has 2 aromatic rings. The number of aliphatic hydroxyl groups excluding tert-OH is 1. The Morgan fingerprint density at radius 1 is 1.12 bits per heavy atom. The van der Waals surface area contributed by atoms with E-state index in [1.807, 2.05) is 30.3 Å². The Balaban J connectivity index is 2.33. The summed E-state index contributed by atoms with van der Waals surface area (Å²) in [6, 6.07) is 14.3. The number of halogens is 1. The second kappa shape index (κ2) is 5.34. The molecule has 0 heterocycles. The summed E-state index contributed by atoms with van der Waals surface area (Å²) in [4.78, 5) is 1.95. The largest absolute Gasteiger partial charge is 0.389 e. The average molecular weight is 248 g/mol. The fourth-order valence-corrected chi connectivity index (χ4v) is 2.58. The van der Waals surface area contributed by atoms with Gasteiger partial charge in [-0.3, -0.25) is 0 Å². The molecule has 17 heavy (non-hydrogen) atoms. The van der Waals surface area contributed by atoms with E-state index in [0.29, 0.717) is 5.56 Å². The van der Waals surface area contributed by atoms with Gasteiger partial charge in [0.2, 0.25) is 0 Å². The normalized spacial score (nSPS) is 12.4. The Labute approximate surface area is 104 Å². The molecule has 0 radical (unpaired) electrons. The van der Waals surface area contributed by atoms with Crippen molar-refractivity contribution in [1.82, 2.24) is 0 Å². The zero-order valence-electron chi connectivity index (χ0n) is 9.43. The Morgan fingerprint density at radius 2 is 1.82 bits per heavy atom. The van der Waals surface area contributed by atoms with Gasteiger partial charge in [-0.1, -0.05) is 30.0 Å². The van der Waals surface area contributed by atoms with E-state index in [0.717, 1.165) is 9.79 Å². The van der Waals surface area contributed by atoms with E-state index in [2.05, 4.69) is 0 Å². The first-order valence-corrected chi connectivity index (χ1v) is 6.19. The Morgan fingerprint density at radius 3 is 2.47 bits per heavy atom. The number of aliphatic hydroxyl groups is 1. The highest BCUT2D eigenvalue weighted by molar-refractivity contribution is 7.99. The van der Waals surface area contributed by atoms with Crippen molar-refractivity contribution in [3.8, 4) is 0 Å². The Kier molecular flexibility index (Phi) is 3.82. The molecule has 0 fully saturated rings. The molecule has 1 nitrogen and oxygen atoms in total. The fraction of sp³-hybridized carbons (Fsp3) is 0.143. The van der Waals surface area contributed by atoms with Crippen LogP contribution >= 0.6 is 11.8 Å². The van der Waals surface area contributed by atoms with Crippen molar-refractivity contribution in [2.45, 2.75) is 22.8 Å². The molecule has 0 saturated heterocycles. The van der Waals surface area contributed by atoms with Gasteiger partial charge in [0.05, 0.1) is 6.10 Å². The third-order valence-electron chi connectivity index (χ3n) is 2.39. The monoisotopic (exact) mass is 248 g/mol. The number of hydrogen-bond acceptors (Lipinski definition) is 2. The molecule has 0 aliphatic rings. The molecule has 0 amide bonds. The number of rotatable bonds is 3. The van der Waals surface area contributed by atoms with Crippen LogP contribution in [0.3, 0.4) is 0 Å². The van der Waals surface area contributed by atoms with Gasteiger partial charge in [0.1, 0.15) is 5.82 Å². The van der Waals surface area contributed by atoms with Crippen molar-refractivity contribution >= 4 is 11.8 Å². The Hall–Kier alpha value is -1.32. The van der Waals surface area contributed by atoms with Crippen LogP contribution in [0.1, 0.15) is 18.6 Å². The van der Waals surface area contributed by atoms with Gasteiger partial charge in [-0.25, -0.2) is 4.39 Å².